The number of carbonyl (C=O) groups is 1. The minimum absolute atomic E-state index is 0.0256. The first-order chi connectivity index (χ1) is 10.1. The van der Waals surface area contributed by atoms with Crippen LogP contribution in [0.25, 0.3) is 0 Å². The van der Waals surface area contributed by atoms with Gasteiger partial charge in [-0.15, -0.1) is 5.10 Å². The van der Waals surface area contributed by atoms with Crippen molar-refractivity contribution < 1.29 is 4.79 Å². The van der Waals surface area contributed by atoms with Gasteiger partial charge in [-0.3, -0.25) is 4.79 Å². The molecule has 0 radical (unpaired) electrons. The van der Waals surface area contributed by atoms with Gasteiger partial charge < -0.3 is 4.90 Å². The van der Waals surface area contributed by atoms with Crippen LogP contribution < -0.4 is 0 Å². The summed E-state index contributed by atoms with van der Waals surface area (Å²) in [6.07, 6.45) is 3.83. The summed E-state index contributed by atoms with van der Waals surface area (Å²) in [6.45, 7) is 3.46. The van der Waals surface area contributed by atoms with E-state index in [1.807, 2.05) is 29.2 Å². The Morgan fingerprint density at radius 1 is 1.38 bits per heavy atom. The van der Waals surface area contributed by atoms with Gasteiger partial charge in [0.15, 0.2) is 5.69 Å². The van der Waals surface area contributed by atoms with Gasteiger partial charge in [-0.25, -0.2) is 4.68 Å². The molecule has 0 aliphatic carbocycles. The summed E-state index contributed by atoms with van der Waals surface area (Å²) < 4.78 is 1.68. The number of amides is 1. The summed E-state index contributed by atoms with van der Waals surface area (Å²) in [5.41, 5.74) is 1.48. The average molecular weight is 305 g/mol. The maximum Gasteiger partial charge on any atom is 0.276 e. The highest BCUT2D eigenvalue weighted by molar-refractivity contribution is 6.30. The van der Waals surface area contributed by atoms with Crippen molar-refractivity contribution in [1.29, 1.82) is 0 Å². The van der Waals surface area contributed by atoms with Crippen molar-refractivity contribution in [3.63, 3.8) is 0 Å². The molecule has 5 nitrogen and oxygen atoms in total. The highest BCUT2D eigenvalue weighted by atomic mass is 35.5. The highest BCUT2D eigenvalue weighted by Crippen LogP contribution is 2.18. The van der Waals surface area contributed by atoms with Crippen LogP contribution in [0.5, 0.6) is 0 Å². The molecule has 1 aromatic heterocycles. The van der Waals surface area contributed by atoms with E-state index in [0.717, 1.165) is 24.9 Å². The van der Waals surface area contributed by atoms with Crippen molar-refractivity contribution in [3.05, 3.63) is 46.7 Å². The molecule has 3 rings (SSSR count). The van der Waals surface area contributed by atoms with Crippen LogP contribution in [0.4, 0.5) is 0 Å². The lowest BCUT2D eigenvalue weighted by atomic mass is 10.2. The van der Waals surface area contributed by atoms with E-state index in [-0.39, 0.29) is 5.91 Å². The Bertz CT molecular complexity index is 637. The quantitative estimate of drug-likeness (QED) is 0.876. The van der Waals surface area contributed by atoms with Crippen LogP contribution in [0.1, 0.15) is 35.8 Å². The van der Waals surface area contributed by atoms with Gasteiger partial charge in [-0.2, -0.15) is 0 Å². The third-order valence-electron chi connectivity index (χ3n) is 3.83. The first kappa shape index (κ1) is 14.1. The Labute approximate surface area is 128 Å². The number of hydrogen-bond acceptors (Lipinski definition) is 3. The van der Waals surface area contributed by atoms with Gasteiger partial charge in [0.2, 0.25) is 0 Å². The fourth-order valence-corrected chi connectivity index (χ4v) is 2.76. The molecule has 21 heavy (non-hydrogen) atoms. The first-order valence-corrected chi connectivity index (χ1v) is 7.47. The van der Waals surface area contributed by atoms with Gasteiger partial charge in [0.1, 0.15) is 0 Å². The van der Waals surface area contributed by atoms with E-state index in [9.17, 15) is 4.79 Å². The van der Waals surface area contributed by atoms with E-state index in [2.05, 4.69) is 17.2 Å². The number of halogens is 1. The number of likely N-dealkylation sites (tertiary alicyclic amines) is 1. The number of benzene rings is 1. The van der Waals surface area contributed by atoms with Gasteiger partial charge in [0, 0.05) is 17.6 Å². The molecule has 1 saturated heterocycles. The molecule has 0 spiro atoms. The van der Waals surface area contributed by atoms with E-state index in [4.69, 9.17) is 11.6 Å². The standard InChI is InChI=1S/C15H17ClN4O/c1-11-3-2-8-20(11)15(21)14-10-19(18-17-14)9-12-4-6-13(16)7-5-12/h4-7,10-11H,2-3,8-9H2,1H3/t11-/m0/s1. The summed E-state index contributed by atoms with van der Waals surface area (Å²) in [7, 11) is 0. The molecule has 0 N–H and O–H groups in total. The smallest absolute Gasteiger partial charge is 0.276 e. The van der Waals surface area contributed by atoms with Crippen LogP contribution in [0.15, 0.2) is 30.5 Å². The lowest BCUT2D eigenvalue weighted by molar-refractivity contribution is 0.0741. The van der Waals surface area contributed by atoms with Gasteiger partial charge in [-0.05, 0) is 37.5 Å². The SMILES string of the molecule is C[C@H]1CCCN1C(=O)c1cn(Cc2ccc(Cl)cc2)nn1. The van der Waals surface area contributed by atoms with E-state index >= 15 is 0 Å². The number of nitrogens with zero attached hydrogens (tertiary/aromatic N) is 4. The fourth-order valence-electron chi connectivity index (χ4n) is 2.63. The molecule has 0 unspecified atom stereocenters. The monoisotopic (exact) mass is 304 g/mol. The van der Waals surface area contributed by atoms with E-state index in [0.29, 0.717) is 23.3 Å². The van der Waals surface area contributed by atoms with Gasteiger partial charge in [0.05, 0.1) is 12.7 Å². The van der Waals surface area contributed by atoms with Gasteiger partial charge in [0.25, 0.3) is 5.91 Å². The maximum absolute atomic E-state index is 12.4. The zero-order valence-corrected chi connectivity index (χ0v) is 12.6. The van der Waals surface area contributed by atoms with Crippen molar-refractivity contribution in [1.82, 2.24) is 19.9 Å². The van der Waals surface area contributed by atoms with Crippen LogP contribution in [0.3, 0.4) is 0 Å². The molecule has 0 bridgehead atoms. The third kappa shape index (κ3) is 3.08. The lowest BCUT2D eigenvalue weighted by Crippen LogP contribution is -2.33. The molecule has 110 valence electrons. The zero-order valence-electron chi connectivity index (χ0n) is 11.9. The van der Waals surface area contributed by atoms with Crippen molar-refractivity contribution in [2.24, 2.45) is 0 Å². The first-order valence-electron chi connectivity index (χ1n) is 7.09. The van der Waals surface area contributed by atoms with E-state index < -0.39 is 0 Å². The van der Waals surface area contributed by atoms with Gasteiger partial charge >= 0.3 is 0 Å². The van der Waals surface area contributed by atoms with Crippen LogP contribution in [-0.4, -0.2) is 38.4 Å². The topological polar surface area (TPSA) is 51.0 Å². The lowest BCUT2D eigenvalue weighted by Gasteiger charge is -2.19. The maximum atomic E-state index is 12.4. The second-order valence-electron chi connectivity index (χ2n) is 5.42. The molecular formula is C15H17ClN4O. The minimum Gasteiger partial charge on any atom is -0.334 e. The summed E-state index contributed by atoms with van der Waals surface area (Å²) in [4.78, 5) is 14.2. The van der Waals surface area contributed by atoms with E-state index in [1.54, 1.807) is 10.9 Å². The molecule has 1 aromatic carbocycles. The number of aromatic nitrogens is 3. The van der Waals surface area contributed by atoms with Gasteiger partial charge in [-0.1, -0.05) is 28.9 Å². The van der Waals surface area contributed by atoms with Crippen LogP contribution in [0.2, 0.25) is 5.02 Å². The largest absolute Gasteiger partial charge is 0.334 e. The summed E-state index contributed by atoms with van der Waals surface area (Å²) in [6, 6.07) is 7.85. The fraction of sp³-hybridized carbons (Fsp3) is 0.400. The van der Waals surface area contributed by atoms with Crippen LogP contribution in [-0.2, 0) is 6.54 Å². The molecule has 1 atom stereocenters. The Morgan fingerprint density at radius 3 is 2.81 bits per heavy atom. The molecule has 0 saturated carbocycles. The van der Waals surface area contributed by atoms with Crippen LogP contribution in [0, 0.1) is 0 Å². The zero-order chi connectivity index (χ0) is 14.8. The summed E-state index contributed by atoms with van der Waals surface area (Å²) in [5, 5.41) is 8.75. The molecule has 2 heterocycles. The molecular weight excluding hydrogens is 288 g/mol. The van der Waals surface area contributed by atoms with Crippen LogP contribution >= 0.6 is 11.6 Å². The molecule has 1 fully saturated rings. The van der Waals surface area contributed by atoms with Crippen molar-refractivity contribution in [2.45, 2.75) is 32.4 Å². The normalized spacial score (nSPS) is 18.2. The number of rotatable bonds is 3. The molecule has 6 heteroatoms. The summed E-state index contributed by atoms with van der Waals surface area (Å²) in [5.74, 6) is -0.0256. The second-order valence-corrected chi connectivity index (χ2v) is 5.85. The number of hydrogen-bond donors (Lipinski definition) is 0. The van der Waals surface area contributed by atoms with Crippen molar-refractivity contribution in [2.75, 3.05) is 6.54 Å². The molecule has 1 aliphatic heterocycles. The van der Waals surface area contributed by atoms with Crippen molar-refractivity contribution >= 4 is 17.5 Å². The predicted molar refractivity (Wildman–Crippen MR) is 80.3 cm³/mol. The average Bonchev–Trinajstić information content (AvgIpc) is 3.10. The molecule has 1 amide bonds. The second kappa shape index (κ2) is 5.85. The number of carbonyl (C=O) groups excluding carboxylic acids is 1. The Kier molecular flexibility index (Phi) is 3.92. The Hall–Kier alpha value is -1.88. The minimum atomic E-state index is -0.0256. The third-order valence-corrected chi connectivity index (χ3v) is 4.08. The Morgan fingerprint density at radius 2 is 2.14 bits per heavy atom. The Balaban J connectivity index is 1.71. The highest BCUT2D eigenvalue weighted by Gasteiger charge is 2.27. The summed E-state index contributed by atoms with van der Waals surface area (Å²) >= 11 is 5.86. The molecule has 1 aliphatic rings. The molecule has 2 aromatic rings. The predicted octanol–water partition coefficient (Wildman–Crippen LogP) is 2.60. The van der Waals surface area contributed by atoms with Crippen molar-refractivity contribution in [3.8, 4) is 0 Å². The van der Waals surface area contributed by atoms with E-state index in [1.165, 1.54) is 0 Å².